The van der Waals surface area contributed by atoms with Gasteiger partial charge in [0.1, 0.15) is 30.2 Å². The first kappa shape index (κ1) is 20.0. The van der Waals surface area contributed by atoms with Crippen LogP contribution in [0.4, 0.5) is 19.0 Å². The number of amides is 1. The molecule has 30 heavy (non-hydrogen) atoms. The number of H-pyrrole nitrogens is 1. The summed E-state index contributed by atoms with van der Waals surface area (Å²) in [6, 6.07) is 13.6. The molecule has 1 amide bonds. The Labute approximate surface area is 171 Å². The van der Waals surface area contributed by atoms with Gasteiger partial charge in [0.05, 0.1) is 24.8 Å². The predicted molar refractivity (Wildman–Crippen MR) is 105 cm³/mol. The lowest BCUT2D eigenvalue weighted by atomic mass is 10.1. The molecule has 0 atom stereocenters. The fourth-order valence-electron chi connectivity index (χ4n) is 3.66. The van der Waals surface area contributed by atoms with Gasteiger partial charge in [0.2, 0.25) is 0 Å². The summed E-state index contributed by atoms with van der Waals surface area (Å²) in [5, 5.41) is 0. The summed E-state index contributed by atoms with van der Waals surface area (Å²) in [5.41, 5.74) is 0.649. The summed E-state index contributed by atoms with van der Waals surface area (Å²) in [6.45, 7) is 2.99. The van der Waals surface area contributed by atoms with Crippen molar-refractivity contribution in [3.63, 3.8) is 0 Å². The summed E-state index contributed by atoms with van der Waals surface area (Å²) < 4.78 is 45.7. The number of hydrogen-bond donors (Lipinski definition) is 0. The second kappa shape index (κ2) is 7.85. The van der Waals surface area contributed by atoms with E-state index in [1.165, 1.54) is 12.3 Å². The zero-order valence-electron chi connectivity index (χ0n) is 16.4. The van der Waals surface area contributed by atoms with Crippen LogP contribution in [0.25, 0.3) is 11.3 Å². The summed E-state index contributed by atoms with van der Waals surface area (Å²) in [7, 11) is 0. The van der Waals surface area contributed by atoms with E-state index in [4.69, 9.17) is 4.42 Å². The fraction of sp³-hybridized carbons (Fsp3) is 0.273. The number of hydrogen-bond acceptors (Lipinski definition) is 3. The van der Waals surface area contributed by atoms with Gasteiger partial charge in [0.15, 0.2) is 0 Å². The van der Waals surface area contributed by atoms with Crippen molar-refractivity contribution < 1.29 is 27.4 Å². The van der Waals surface area contributed by atoms with E-state index in [1.54, 1.807) is 22.8 Å². The van der Waals surface area contributed by atoms with Crippen molar-refractivity contribution in [1.82, 2.24) is 4.90 Å². The van der Waals surface area contributed by atoms with E-state index in [-0.39, 0.29) is 11.7 Å². The molecule has 1 saturated heterocycles. The highest BCUT2D eigenvalue weighted by atomic mass is 19.4. The Bertz CT molecular complexity index is 1040. The predicted octanol–water partition coefficient (Wildman–Crippen LogP) is 4.05. The Hall–Kier alpha value is -3.29. The van der Waals surface area contributed by atoms with E-state index in [0.717, 1.165) is 11.6 Å². The zero-order valence-corrected chi connectivity index (χ0v) is 16.4. The van der Waals surface area contributed by atoms with Crippen molar-refractivity contribution in [2.75, 3.05) is 31.1 Å². The monoisotopic (exact) mass is 416 g/mol. The van der Waals surface area contributed by atoms with Crippen molar-refractivity contribution >= 4 is 11.7 Å². The first-order valence-electron chi connectivity index (χ1n) is 9.62. The number of pyridine rings is 1. The van der Waals surface area contributed by atoms with Crippen molar-refractivity contribution in [2.24, 2.45) is 0 Å². The molecule has 1 N–H and O–H groups in total. The molecule has 2 aromatic heterocycles. The third-order valence-electron chi connectivity index (χ3n) is 5.23. The molecular formula is C22H21F3N3O2+. The van der Waals surface area contributed by atoms with Crippen LogP contribution in [-0.4, -0.2) is 37.0 Å². The molecule has 5 nitrogen and oxygen atoms in total. The molecule has 3 aromatic rings. The molecule has 0 saturated carbocycles. The first-order valence-corrected chi connectivity index (χ1v) is 9.62. The number of aromatic nitrogens is 1. The molecular weight excluding hydrogens is 395 g/mol. The molecule has 156 valence electrons. The molecule has 0 bridgehead atoms. The van der Waals surface area contributed by atoms with E-state index >= 15 is 0 Å². The molecule has 1 aliphatic rings. The van der Waals surface area contributed by atoms with Gasteiger partial charge in [0, 0.05) is 5.56 Å². The number of nitrogens with one attached hydrogen (secondary N) is 1. The Morgan fingerprint density at radius 2 is 1.73 bits per heavy atom. The number of furan rings is 1. The van der Waals surface area contributed by atoms with Crippen LogP contribution in [0.3, 0.4) is 0 Å². The van der Waals surface area contributed by atoms with Crippen molar-refractivity contribution in [3.05, 3.63) is 71.6 Å². The number of piperazine rings is 1. The second-order valence-corrected chi connectivity index (χ2v) is 7.16. The first-order chi connectivity index (χ1) is 14.3. The molecule has 0 radical (unpaired) electrons. The minimum Gasteiger partial charge on any atom is -0.461 e. The number of aromatic amines is 1. The Morgan fingerprint density at radius 3 is 2.40 bits per heavy atom. The van der Waals surface area contributed by atoms with Gasteiger partial charge >= 0.3 is 6.18 Å². The van der Waals surface area contributed by atoms with Gasteiger partial charge < -0.3 is 9.32 Å². The normalized spacial score (nSPS) is 14.8. The molecule has 0 aliphatic carbocycles. The number of nitrogens with zero attached hydrogens (tertiary/aromatic N) is 2. The number of carbonyl (C=O) groups is 1. The Morgan fingerprint density at radius 1 is 1.03 bits per heavy atom. The largest absolute Gasteiger partial charge is 0.461 e. The molecule has 0 unspecified atom stereocenters. The number of carbonyl (C=O) groups excluding carboxylic acids is 1. The van der Waals surface area contributed by atoms with Crippen LogP contribution in [0.5, 0.6) is 0 Å². The lowest BCUT2D eigenvalue weighted by Crippen LogP contribution is -2.50. The maximum absolute atomic E-state index is 13.3. The van der Waals surface area contributed by atoms with Crippen LogP contribution < -0.4 is 9.88 Å². The molecule has 0 spiro atoms. The standard InChI is InChI=1S/C22H20F3N3O2/c1-15-17(14-19(30-15)16-6-3-2-4-7-16)21(29)28-12-10-27(11-13-28)20-18(22(23,24)25)8-5-9-26-20/h2-9,14H,10-13H2,1H3/p+1. The van der Waals surface area contributed by atoms with Gasteiger partial charge in [-0.3, -0.25) is 9.69 Å². The minimum atomic E-state index is -4.44. The van der Waals surface area contributed by atoms with Crippen LogP contribution in [0.15, 0.2) is 59.1 Å². The molecule has 4 rings (SSSR count). The minimum absolute atomic E-state index is 0.0305. The average molecular weight is 416 g/mol. The lowest BCUT2D eigenvalue weighted by Gasteiger charge is -2.31. The van der Waals surface area contributed by atoms with E-state index in [9.17, 15) is 18.0 Å². The fourth-order valence-corrected chi connectivity index (χ4v) is 3.66. The van der Waals surface area contributed by atoms with Crippen LogP contribution >= 0.6 is 0 Å². The number of aryl methyl sites for hydroxylation is 1. The summed E-state index contributed by atoms with van der Waals surface area (Å²) in [5.74, 6) is 0.995. The number of halogens is 3. The van der Waals surface area contributed by atoms with Crippen LogP contribution in [0.2, 0.25) is 0 Å². The third-order valence-corrected chi connectivity index (χ3v) is 5.23. The third kappa shape index (κ3) is 3.90. The summed E-state index contributed by atoms with van der Waals surface area (Å²) >= 11 is 0. The Balaban J connectivity index is 1.48. The van der Waals surface area contributed by atoms with Crippen LogP contribution in [0, 0.1) is 6.92 Å². The highest BCUT2D eigenvalue weighted by Crippen LogP contribution is 2.34. The average Bonchev–Trinajstić information content (AvgIpc) is 3.15. The SMILES string of the molecule is Cc1oc(-c2ccccc2)cc1C(=O)N1CCN(c2[nH+]cccc2C(F)(F)F)CC1. The van der Waals surface area contributed by atoms with E-state index < -0.39 is 11.7 Å². The number of rotatable bonds is 3. The highest BCUT2D eigenvalue weighted by molar-refractivity contribution is 5.96. The van der Waals surface area contributed by atoms with Gasteiger partial charge in [-0.25, -0.2) is 4.98 Å². The number of alkyl halides is 3. The van der Waals surface area contributed by atoms with Gasteiger partial charge in [-0.15, -0.1) is 0 Å². The van der Waals surface area contributed by atoms with Crippen molar-refractivity contribution in [2.45, 2.75) is 13.1 Å². The van der Waals surface area contributed by atoms with Gasteiger partial charge in [-0.05, 0) is 25.1 Å². The van der Waals surface area contributed by atoms with E-state index in [1.807, 2.05) is 30.3 Å². The van der Waals surface area contributed by atoms with Gasteiger partial charge in [-0.1, -0.05) is 30.3 Å². The molecule has 1 aliphatic heterocycles. The van der Waals surface area contributed by atoms with Crippen LogP contribution in [0.1, 0.15) is 21.7 Å². The van der Waals surface area contributed by atoms with E-state index in [0.29, 0.717) is 43.3 Å². The van der Waals surface area contributed by atoms with Gasteiger partial charge in [0.25, 0.3) is 11.7 Å². The quantitative estimate of drug-likeness (QED) is 0.647. The zero-order chi connectivity index (χ0) is 21.3. The lowest BCUT2D eigenvalue weighted by molar-refractivity contribution is -0.367. The van der Waals surface area contributed by atoms with E-state index in [2.05, 4.69) is 4.98 Å². The molecule has 8 heteroatoms. The molecule has 1 aromatic carbocycles. The Kier molecular flexibility index (Phi) is 5.24. The molecule has 1 fully saturated rings. The topological polar surface area (TPSA) is 50.8 Å². The summed E-state index contributed by atoms with van der Waals surface area (Å²) in [4.78, 5) is 19.0. The maximum atomic E-state index is 13.3. The second-order valence-electron chi connectivity index (χ2n) is 7.16. The van der Waals surface area contributed by atoms with Gasteiger partial charge in [-0.2, -0.15) is 13.2 Å². The highest BCUT2D eigenvalue weighted by Gasteiger charge is 2.40. The number of anilines is 1. The van der Waals surface area contributed by atoms with Crippen LogP contribution in [-0.2, 0) is 6.18 Å². The maximum Gasteiger partial charge on any atom is 0.424 e. The smallest absolute Gasteiger partial charge is 0.424 e. The molecule has 3 heterocycles. The number of benzene rings is 1. The van der Waals surface area contributed by atoms with Crippen molar-refractivity contribution in [3.8, 4) is 11.3 Å². The van der Waals surface area contributed by atoms with Crippen molar-refractivity contribution in [1.29, 1.82) is 0 Å². The summed E-state index contributed by atoms with van der Waals surface area (Å²) in [6.07, 6.45) is -2.97.